The third-order valence-electron chi connectivity index (χ3n) is 2.36. The summed E-state index contributed by atoms with van der Waals surface area (Å²) in [4.78, 5) is 26.7. The molecule has 0 aliphatic carbocycles. The Bertz CT molecular complexity index is 472. The summed E-state index contributed by atoms with van der Waals surface area (Å²) in [5.74, 6) is 2.87. The van der Waals surface area contributed by atoms with Crippen LogP contribution in [0.3, 0.4) is 0 Å². The molecule has 1 rings (SSSR count). The highest BCUT2D eigenvalue weighted by atomic mass is 32.2. The molecule has 0 fully saturated rings. The van der Waals surface area contributed by atoms with Gasteiger partial charge in [-0.25, -0.2) is 0 Å². The quantitative estimate of drug-likeness (QED) is 0.378. The Kier molecular flexibility index (Phi) is 4.40. The summed E-state index contributed by atoms with van der Waals surface area (Å²) in [6.45, 7) is -0.555. The number of hydrogen-bond donors (Lipinski definition) is 3. The number of aliphatic hydroxyl groups is 1. The molecule has 0 aromatic carbocycles. The van der Waals surface area contributed by atoms with Gasteiger partial charge in [-0.3, -0.25) is 14.1 Å². The van der Waals surface area contributed by atoms with Crippen LogP contribution >= 0.6 is 0 Å². The number of aliphatic hydroxyl groups excluding tert-OH is 1. The molecule has 9 nitrogen and oxygen atoms in total. The zero-order valence-electron chi connectivity index (χ0n) is 9.09. The van der Waals surface area contributed by atoms with E-state index in [-0.39, 0.29) is 0 Å². The van der Waals surface area contributed by atoms with Gasteiger partial charge in [-0.15, -0.1) is 0 Å². The van der Waals surface area contributed by atoms with Gasteiger partial charge >= 0.3 is 5.97 Å². The molecular weight excluding hydrogens is 268 g/mol. The summed E-state index contributed by atoms with van der Waals surface area (Å²) in [7, 11) is -4.59. The number of rotatable bonds is 5. The van der Waals surface area contributed by atoms with E-state index < -0.39 is 46.4 Å². The van der Waals surface area contributed by atoms with Gasteiger partial charge < -0.3 is 14.8 Å². The van der Waals surface area contributed by atoms with Crippen LogP contribution in [0, 0.1) is 0 Å². The van der Waals surface area contributed by atoms with E-state index in [1.54, 1.807) is 0 Å². The Morgan fingerprint density at radius 1 is 1.61 bits per heavy atom. The van der Waals surface area contributed by atoms with E-state index in [1.165, 1.54) is 0 Å². The van der Waals surface area contributed by atoms with Crippen LogP contribution in [0.2, 0.25) is 0 Å². The van der Waals surface area contributed by atoms with Crippen molar-refractivity contribution in [2.75, 3.05) is 6.54 Å². The predicted octanol–water partition coefficient (Wildman–Crippen LogP) is -2.23. The van der Waals surface area contributed by atoms with Gasteiger partial charge in [0.15, 0.2) is 0 Å². The standard InChI is InChI=1S/C8H12N2O7S/c9-17-8(13)3-5(18(14,15)16)4-10-6(11)1-2-7(10)12/h1-2,5-6,11H,3-4,9H2,(H,14,15,16). The summed E-state index contributed by atoms with van der Waals surface area (Å²) < 4.78 is 31.0. The fourth-order valence-electron chi connectivity index (χ4n) is 1.41. The second kappa shape index (κ2) is 5.44. The minimum atomic E-state index is -4.59. The van der Waals surface area contributed by atoms with Crippen LogP contribution < -0.4 is 5.90 Å². The first-order chi connectivity index (χ1) is 8.25. The second-order valence-corrected chi connectivity index (χ2v) is 5.29. The zero-order valence-corrected chi connectivity index (χ0v) is 9.91. The fourth-order valence-corrected chi connectivity index (χ4v) is 2.11. The molecule has 0 radical (unpaired) electrons. The summed E-state index contributed by atoms with van der Waals surface area (Å²) >= 11 is 0. The van der Waals surface area contributed by atoms with Gasteiger partial charge in [-0.2, -0.15) is 14.3 Å². The molecular formula is C8H12N2O7S. The maximum Gasteiger partial charge on any atom is 0.325 e. The van der Waals surface area contributed by atoms with Gasteiger partial charge in [0.1, 0.15) is 11.5 Å². The zero-order chi connectivity index (χ0) is 13.9. The van der Waals surface area contributed by atoms with E-state index in [0.29, 0.717) is 0 Å². The van der Waals surface area contributed by atoms with E-state index in [0.717, 1.165) is 17.1 Å². The molecule has 18 heavy (non-hydrogen) atoms. The maximum atomic E-state index is 11.3. The number of nitrogens with two attached hydrogens (primary N) is 1. The lowest BCUT2D eigenvalue weighted by molar-refractivity contribution is -0.145. The van der Waals surface area contributed by atoms with Gasteiger partial charge in [-0.05, 0) is 6.08 Å². The molecule has 2 unspecified atom stereocenters. The van der Waals surface area contributed by atoms with E-state index in [1.807, 2.05) is 0 Å². The third-order valence-corrected chi connectivity index (χ3v) is 3.52. The fraction of sp³-hybridized carbons (Fsp3) is 0.500. The molecule has 10 heteroatoms. The van der Waals surface area contributed by atoms with Crippen molar-refractivity contribution in [1.82, 2.24) is 4.90 Å². The number of hydrogen-bond acceptors (Lipinski definition) is 7. The topological polar surface area (TPSA) is 147 Å². The van der Waals surface area contributed by atoms with Crippen molar-refractivity contribution in [2.45, 2.75) is 17.9 Å². The Morgan fingerprint density at radius 2 is 2.22 bits per heavy atom. The lowest BCUT2D eigenvalue weighted by atomic mass is 10.3. The highest BCUT2D eigenvalue weighted by Gasteiger charge is 2.34. The normalized spacial score (nSPS) is 21.2. The summed E-state index contributed by atoms with van der Waals surface area (Å²) in [5.41, 5.74) is 0. The molecule has 1 heterocycles. The van der Waals surface area contributed by atoms with E-state index in [4.69, 9.17) is 4.55 Å². The summed E-state index contributed by atoms with van der Waals surface area (Å²) in [5, 5.41) is 7.75. The van der Waals surface area contributed by atoms with E-state index >= 15 is 0 Å². The summed E-state index contributed by atoms with van der Waals surface area (Å²) in [6, 6.07) is 0. The van der Waals surface area contributed by atoms with Crippen LogP contribution in [-0.4, -0.2) is 52.9 Å². The Labute approximate surface area is 103 Å². The van der Waals surface area contributed by atoms with Crippen LogP contribution in [-0.2, 0) is 24.5 Å². The highest BCUT2D eigenvalue weighted by Crippen LogP contribution is 2.14. The first kappa shape index (κ1) is 14.6. The van der Waals surface area contributed by atoms with Crippen LogP contribution in [0.1, 0.15) is 6.42 Å². The highest BCUT2D eigenvalue weighted by molar-refractivity contribution is 7.86. The third kappa shape index (κ3) is 3.50. The maximum absolute atomic E-state index is 11.3. The molecule has 4 N–H and O–H groups in total. The first-order valence-electron chi connectivity index (χ1n) is 4.78. The lowest BCUT2D eigenvalue weighted by Gasteiger charge is -2.24. The summed E-state index contributed by atoms with van der Waals surface area (Å²) in [6.07, 6.45) is 0.166. The Morgan fingerprint density at radius 3 is 2.61 bits per heavy atom. The van der Waals surface area contributed by atoms with Gasteiger partial charge in [0.05, 0.1) is 6.42 Å². The van der Waals surface area contributed by atoms with Gasteiger partial charge in [0, 0.05) is 12.6 Å². The van der Waals surface area contributed by atoms with Crippen molar-refractivity contribution in [1.29, 1.82) is 0 Å². The number of carbonyl (C=O) groups excluding carboxylic acids is 2. The number of nitrogens with zero attached hydrogens (tertiary/aromatic N) is 1. The largest absolute Gasteiger partial charge is 0.373 e. The second-order valence-electron chi connectivity index (χ2n) is 3.59. The SMILES string of the molecule is NOC(=O)CC(CN1C(=O)C=CC1O)S(=O)(=O)O. The van der Waals surface area contributed by atoms with Crippen LogP contribution in [0.25, 0.3) is 0 Å². The molecule has 0 bridgehead atoms. The molecule has 0 saturated heterocycles. The number of amides is 1. The molecule has 0 spiro atoms. The van der Waals surface area contributed by atoms with Crippen LogP contribution in [0.15, 0.2) is 12.2 Å². The van der Waals surface area contributed by atoms with Crippen LogP contribution in [0.5, 0.6) is 0 Å². The van der Waals surface area contributed by atoms with Crippen molar-refractivity contribution in [3.8, 4) is 0 Å². The molecule has 1 amide bonds. The van der Waals surface area contributed by atoms with Crippen molar-refractivity contribution in [2.24, 2.45) is 5.90 Å². The van der Waals surface area contributed by atoms with Crippen molar-refractivity contribution in [3.63, 3.8) is 0 Å². The molecule has 0 saturated carbocycles. The molecule has 0 aromatic heterocycles. The van der Waals surface area contributed by atoms with E-state index in [2.05, 4.69) is 10.7 Å². The van der Waals surface area contributed by atoms with Gasteiger partial charge in [0.25, 0.3) is 10.1 Å². The molecule has 2 atom stereocenters. The average Bonchev–Trinajstić information content (AvgIpc) is 2.58. The molecule has 0 aromatic rings. The van der Waals surface area contributed by atoms with Crippen molar-refractivity contribution >= 4 is 22.0 Å². The molecule has 102 valence electrons. The van der Waals surface area contributed by atoms with E-state index in [9.17, 15) is 23.1 Å². The number of carbonyl (C=O) groups is 2. The van der Waals surface area contributed by atoms with Crippen LogP contribution in [0.4, 0.5) is 0 Å². The lowest BCUT2D eigenvalue weighted by Crippen LogP contribution is -2.43. The monoisotopic (exact) mass is 280 g/mol. The average molecular weight is 280 g/mol. The smallest absolute Gasteiger partial charge is 0.325 e. The van der Waals surface area contributed by atoms with Crippen molar-refractivity contribution < 1.29 is 32.5 Å². The Hall–Kier alpha value is -1.49. The van der Waals surface area contributed by atoms with Gasteiger partial charge in [0.2, 0.25) is 5.91 Å². The van der Waals surface area contributed by atoms with Crippen molar-refractivity contribution in [3.05, 3.63) is 12.2 Å². The minimum absolute atomic E-state index is 0.555. The molecule has 1 aliphatic rings. The first-order valence-corrected chi connectivity index (χ1v) is 6.28. The predicted molar refractivity (Wildman–Crippen MR) is 57.1 cm³/mol. The molecule has 1 aliphatic heterocycles. The van der Waals surface area contributed by atoms with Gasteiger partial charge in [-0.1, -0.05) is 0 Å². The Balaban J connectivity index is 2.80. The minimum Gasteiger partial charge on any atom is -0.373 e.